The molecule has 1 unspecified atom stereocenters. The summed E-state index contributed by atoms with van der Waals surface area (Å²) in [4.78, 5) is 19.4. The predicted molar refractivity (Wildman–Crippen MR) is 99.9 cm³/mol. The largest absolute Gasteiger partial charge is 0.335 e. The minimum atomic E-state index is 0.0506. The Kier molecular flexibility index (Phi) is 4.11. The van der Waals surface area contributed by atoms with Crippen molar-refractivity contribution >= 4 is 5.91 Å². The number of carbonyl (C=O) groups is 1. The van der Waals surface area contributed by atoms with Gasteiger partial charge in [0.2, 0.25) is 0 Å². The van der Waals surface area contributed by atoms with Gasteiger partial charge < -0.3 is 9.47 Å². The van der Waals surface area contributed by atoms with E-state index in [1.807, 2.05) is 49.3 Å². The van der Waals surface area contributed by atoms with E-state index in [1.54, 1.807) is 4.68 Å². The van der Waals surface area contributed by atoms with Gasteiger partial charge in [-0.25, -0.2) is 4.98 Å². The molecule has 0 radical (unpaired) electrons. The van der Waals surface area contributed by atoms with Crippen molar-refractivity contribution in [3.8, 4) is 11.4 Å². The van der Waals surface area contributed by atoms with Crippen LogP contribution in [-0.2, 0) is 7.05 Å². The van der Waals surface area contributed by atoms with Crippen LogP contribution in [0.5, 0.6) is 0 Å². The third-order valence-corrected chi connectivity index (χ3v) is 5.05. The van der Waals surface area contributed by atoms with E-state index in [-0.39, 0.29) is 11.9 Å². The maximum absolute atomic E-state index is 12.9. The second-order valence-electron chi connectivity index (χ2n) is 6.95. The van der Waals surface area contributed by atoms with E-state index in [0.29, 0.717) is 12.2 Å². The summed E-state index contributed by atoms with van der Waals surface area (Å²) in [7, 11) is 1.82. The number of aromatic nitrogens is 4. The highest BCUT2D eigenvalue weighted by Crippen LogP contribution is 2.30. The molecule has 3 aromatic rings. The molecule has 1 aliphatic rings. The summed E-state index contributed by atoms with van der Waals surface area (Å²) in [5.41, 5.74) is 3.74. The molecular weight excluding hydrogens is 326 g/mol. The van der Waals surface area contributed by atoms with E-state index in [0.717, 1.165) is 35.7 Å². The number of amides is 1. The fourth-order valence-corrected chi connectivity index (χ4v) is 3.82. The van der Waals surface area contributed by atoms with Gasteiger partial charge in [-0.15, -0.1) is 0 Å². The van der Waals surface area contributed by atoms with Crippen LogP contribution >= 0.6 is 0 Å². The number of likely N-dealkylation sites (tertiary alicyclic amines) is 1. The zero-order chi connectivity index (χ0) is 18.3. The number of nitrogens with zero attached hydrogens (tertiary/aromatic N) is 5. The molecule has 1 atom stereocenters. The molecule has 1 fully saturated rings. The minimum absolute atomic E-state index is 0.0506. The maximum atomic E-state index is 12.9. The van der Waals surface area contributed by atoms with Crippen LogP contribution < -0.4 is 0 Å². The van der Waals surface area contributed by atoms with Crippen molar-refractivity contribution in [2.75, 3.05) is 13.1 Å². The molecule has 3 heterocycles. The van der Waals surface area contributed by atoms with E-state index in [4.69, 9.17) is 0 Å². The summed E-state index contributed by atoms with van der Waals surface area (Å²) >= 11 is 0. The highest BCUT2D eigenvalue weighted by atomic mass is 16.2. The first-order valence-electron chi connectivity index (χ1n) is 8.94. The van der Waals surface area contributed by atoms with Crippen molar-refractivity contribution in [2.45, 2.75) is 26.3 Å². The van der Waals surface area contributed by atoms with Crippen LogP contribution in [0.2, 0.25) is 0 Å². The zero-order valence-electron chi connectivity index (χ0n) is 15.4. The molecule has 4 rings (SSSR count). The van der Waals surface area contributed by atoms with E-state index in [1.165, 1.54) is 0 Å². The van der Waals surface area contributed by atoms with E-state index >= 15 is 0 Å². The Hall–Kier alpha value is -2.89. The summed E-state index contributed by atoms with van der Waals surface area (Å²) in [6.45, 7) is 5.43. The zero-order valence-corrected chi connectivity index (χ0v) is 15.4. The molecule has 1 aromatic carbocycles. The Morgan fingerprint density at radius 1 is 1.19 bits per heavy atom. The Morgan fingerprint density at radius 2 is 1.96 bits per heavy atom. The van der Waals surface area contributed by atoms with Crippen LogP contribution in [0, 0.1) is 13.8 Å². The Bertz CT molecular complexity index is 941. The summed E-state index contributed by atoms with van der Waals surface area (Å²) in [5.74, 6) is 1.02. The predicted octanol–water partition coefficient (Wildman–Crippen LogP) is 2.99. The highest BCUT2D eigenvalue weighted by Gasteiger charge is 2.31. The van der Waals surface area contributed by atoms with E-state index in [9.17, 15) is 4.79 Å². The van der Waals surface area contributed by atoms with Crippen molar-refractivity contribution < 1.29 is 4.79 Å². The first kappa shape index (κ1) is 16.6. The van der Waals surface area contributed by atoms with Gasteiger partial charge >= 0.3 is 0 Å². The first-order valence-corrected chi connectivity index (χ1v) is 8.94. The molecule has 1 saturated heterocycles. The van der Waals surface area contributed by atoms with Gasteiger partial charge in [-0.1, -0.05) is 30.3 Å². The van der Waals surface area contributed by atoms with Gasteiger partial charge in [0, 0.05) is 37.6 Å². The summed E-state index contributed by atoms with van der Waals surface area (Å²) in [6.07, 6.45) is 2.84. The lowest BCUT2D eigenvalue weighted by molar-refractivity contribution is 0.0776. The van der Waals surface area contributed by atoms with Crippen LogP contribution in [0.1, 0.15) is 34.3 Å². The Balaban J connectivity index is 1.59. The summed E-state index contributed by atoms with van der Waals surface area (Å²) in [6, 6.07) is 12.3. The van der Waals surface area contributed by atoms with E-state index in [2.05, 4.69) is 33.7 Å². The summed E-state index contributed by atoms with van der Waals surface area (Å²) in [5, 5.41) is 4.29. The van der Waals surface area contributed by atoms with Gasteiger partial charge in [-0.2, -0.15) is 5.10 Å². The molecule has 0 N–H and O–H groups in total. The topological polar surface area (TPSA) is 56.0 Å². The van der Waals surface area contributed by atoms with Crippen LogP contribution in [0.4, 0.5) is 0 Å². The number of imidazole rings is 1. The molecule has 0 aliphatic carbocycles. The standard InChI is InChI=1S/C20H23N5O/c1-14-11-18(23(3)22-14)20(26)24-10-9-17(13-24)25-15(2)12-21-19(25)16-7-5-4-6-8-16/h4-8,11-12,17H,9-10,13H2,1-3H3. The average molecular weight is 349 g/mol. The molecule has 0 spiro atoms. The number of carbonyl (C=O) groups excluding carboxylic acids is 1. The molecular formula is C20H23N5O. The number of aryl methyl sites for hydroxylation is 3. The SMILES string of the molecule is Cc1cc(C(=O)N2CCC(n3c(C)cnc3-c3ccccc3)C2)n(C)n1. The molecule has 0 saturated carbocycles. The van der Waals surface area contributed by atoms with Crippen LogP contribution in [0.3, 0.4) is 0 Å². The second kappa shape index (κ2) is 6.44. The Labute approximate surface area is 153 Å². The third-order valence-electron chi connectivity index (χ3n) is 5.05. The van der Waals surface area contributed by atoms with Crippen molar-refractivity contribution in [3.05, 3.63) is 59.7 Å². The normalized spacial score (nSPS) is 17.0. The minimum Gasteiger partial charge on any atom is -0.335 e. The van der Waals surface area contributed by atoms with Crippen LogP contribution in [0.15, 0.2) is 42.6 Å². The number of hydrogen-bond donors (Lipinski definition) is 0. The molecule has 134 valence electrons. The lowest BCUT2D eigenvalue weighted by Crippen LogP contribution is -2.30. The molecule has 1 aliphatic heterocycles. The molecule has 26 heavy (non-hydrogen) atoms. The second-order valence-corrected chi connectivity index (χ2v) is 6.95. The quantitative estimate of drug-likeness (QED) is 0.730. The molecule has 1 amide bonds. The van der Waals surface area contributed by atoms with Gasteiger partial charge in [0.25, 0.3) is 5.91 Å². The van der Waals surface area contributed by atoms with E-state index < -0.39 is 0 Å². The van der Waals surface area contributed by atoms with Gasteiger partial charge in [0.05, 0.1) is 11.7 Å². The molecule has 6 nitrogen and oxygen atoms in total. The van der Waals surface area contributed by atoms with Crippen molar-refractivity contribution in [2.24, 2.45) is 7.05 Å². The van der Waals surface area contributed by atoms with Crippen molar-refractivity contribution in [3.63, 3.8) is 0 Å². The lowest BCUT2D eigenvalue weighted by Gasteiger charge is -2.19. The third kappa shape index (κ3) is 2.81. The smallest absolute Gasteiger partial charge is 0.272 e. The molecule has 2 aromatic heterocycles. The fraction of sp³-hybridized carbons (Fsp3) is 0.350. The van der Waals surface area contributed by atoms with Crippen LogP contribution in [-0.4, -0.2) is 43.2 Å². The average Bonchev–Trinajstić information content (AvgIpc) is 3.33. The number of hydrogen-bond acceptors (Lipinski definition) is 3. The molecule has 0 bridgehead atoms. The van der Waals surface area contributed by atoms with Gasteiger partial charge in [0.1, 0.15) is 11.5 Å². The first-order chi connectivity index (χ1) is 12.5. The Morgan fingerprint density at radius 3 is 2.65 bits per heavy atom. The van der Waals surface area contributed by atoms with Gasteiger partial charge in [-0.05, 0) is 26.3 Å². The fourth-order valence-electron chi connectivity index (χ4n) is 3.82. The lowest BCUT2D eigenvalue weighted by atomic mass is 10.2. The maximum Gasteiger partial charge on any atom is 0.272 e. The van der Waals surface area contributed by atoms with Gasteiger partial charge in [0.15, 0.2) is 0 Å². The van der Waals surface area contributed by atoms with Crippen molar-refractivity contribution in [1.82, 2.24) is 24.2 Å². The number of rotatable bonds is 3. The monoisotopic (exact) mass is 349 g/mol. The number of benzene rings is 1. The highest BCUT2D eigenvalue weighted by molar-refractivity contribution is 5.92. The van der Waals surface area contributed by atoms with Crippen LogP contribution in [0.25, 0.3) is 11.4 Å². The molecule has 6 heteroatoms. The summed E-state index contributed by atoms with van der Waals surface area (Å²) < 4.78 is 3.94. The van der Waals surface area contributed by atoms with Gasteiger partial charge in [-0.3, -0.25) is 9.48 Å². The van der Waals surface area contributed by atoms with Crippen molar-refractivity contribution in [1.29, 1.82) is 0 Å².